The van der Waals surface area contributed by atoms with E-state index in [1.165, 1.54) is 18.2 Å². The fraction of sp³-hybridized carbons (Fsp3) is 0.455. The van der Waals surface area contributed by atoms with Crippen LogP contribution in [0.25, 0.3) is 10.9 Å². The average Bonchev–Trinajstić information content (AvgIpc) is 3.31. The number of aromatic nitrogens is 3. The van der Waals surface area contributed by atoms with Gasteiger partial charge < -0.3 is 9.67 Å². The number of hydroxylamine groups is 1. The molecule has 160 valence electrons. The molecular formula is C22H28N4O4. The Morgan fingerprint density at radius 2 is 1.80 bits per heavy atom. The molecule has 2 N–H and O–H groups in total. The molecular weight excluding hydrogens is 384 g/mol. The summed E-state index contributed by atoms with van der Waals surface area (Å²) in [5.74, 6) is 0.381. The van der Waals surface area contributed by atoms with Crippen LogP contribution in [0.3, 0.4) is 0 Å². The SMILES string of the molecule is CC(C)n1c(=O)n(C)c(=O)c2c(N(O)CCCO)n(C3Cc4ccccc4C3)cc21. The highest BCUT2D eigenvalue weighted by Crippen LogP contribution is 2.36. The molecule has 30 heavy (non-hydrogen) atoms. The molecule has 8 nitrogen and oxygen atoms in total. The first-order valence-corrected chi connectivity index (χ1v) is 10.3. The quantitative estimate of drug-likeness (QED) is 0.604. The summed E-state index contributed by atoms with van der Waals surface area (Å²) in [6.45, 7) is 3.91. The molecule has 2 heterocycles. The molecule has 1 aliphatic rings. The van der Waals surface area contributed by atoms with Gasteiger partial charge >= 0.3 is 5.69 Å². The molecule has 0 saturated heterocycles. The number of hydrogen-bond donors (Lipinski definition) is 2. The van der Waals surface area contributed by atoms with Crippen molar-refractivity contribution in [2.45, 2.75) is 45.2 Å². The number of rotatable bonds is 6. The Kier molecular flexibility index (Phi) is 5.29. The zero-order chi connectivity index (χ0) is 21.6. The van der Waals surface area contributed by atoms with E-state index < -0.39 is 5.56 Å². The molecule has 0 bridgehead atoms. The second-order valence-electron chi connectivity index (χ2n) is 8.26. The van der Waals surface area contributed by atoms with Crippen molar-refractivity contribution in [3.8, 4) is 0 Å². The van der Waals surface area contributed by atoms with E-state index in [9.17, 15) is 19.9 Å². The second kappa shape index (κ2) is 7.77. The van der Waals surface area contributed by atoms with Gasteiger partial charge in [0.15, 0.2) is 0 Å². The maximum absolute atomic E-state index is 13.1. The molecule has 1 aromatic carbocycles. The van der Waals surface area contributed by atoms with Gasteiger partial charge in [-0.3, -0.25) is 19.1 Å². The van der Waals surface area contributed by atoms with Crippen molar-refractivity contribution in [3.05, 3.63) is 62.4 Å². The van der Waals surface area contributed by atoms with E-state index >= 15 is 0 Å². The van der Waals surface area contributed by atoms with E-state index in [4.69, 9.17) is 0 Å². The Labute approximate surface area is 174 Å². The molecule has 0 atom stereocenters. The van der Waals surface area contributed by atoms with Crippen LogP contribution in [0, 0.1) is 0 Å². The third-order valence-electron chi connectivity index (χ3n) is 5.97. The summed E-state index contributed by atoms with van der Waals surface area (Å²) in [7, 11) is 1.46. The molecule has 0 unspecified atom stereocenters. The monoisotopic (exact) mass is 412 g/mol. The van der Waals surface area contributed by atoms with Crippen molar-refractivity contribution in [1.29, 1.82) is 0 Å². The highest BCUT2D eigenvalue weighted by atomic mass is 16.5. The first kappa shape index (κ1) is 20.4. The lowest BCUT2D eigenvalue weighted by molar-refractivity contribution is 0.222. The molecule has 0 radical (unpaired) electrons. The highest BCUT2D eigenvalue weighted by molar-refractivity contribution is 5.90. The lowest BCUT2D eigenvalue weighted by atomic mass is 10.1. The Morgan fingerprint density at radius 3 is 2.37 bits per heavy atom. The molecule has 0 fully saturated rings. The minimum atomic E-state index is -0.431. The summed E-state index contributed by atoms with van der Waals surface area (Å²) in [6, 6.07) is 8.10. The van der Waals surface area contributed by atoms with Crippen molar-refractivity contribution in [1.82, 2.24) is 13.7 Å². The summed E-state index contributed by atoms with van der Waals surface area (Å²) in [6.07, 6.45) is 3.75. The lowest BCUT2D eigenvalue weighted by Gasteiger charge is -2.23. The smallest absolute Gasteiger partial charge is 0.331 e. The normalized spacial score (nSPS) is 14.1. The van der Waals surface area contributed by atoms with Crippen molar-refractivity contribution >= 4 is 16.7 Å². The van der Waals surface area contributed by atoms with Crippen LogP contribution in [-0.4, -0.2) is 37.2 Å². The van der Waals surface area contributed by atoms with Crippen LogP contribution >= 0.6 is 0 Å². The summed E-state index contributed by atoms with van der Waals surface area (Å²) in [5, 5.41) is 21.5. The Bertz CT molecular complexity index is 1180. The number of benzene rings is 1. The summed E-state index contributed by atoms with van der Waals surface area (Å²) in [5.41, 5.74) is 2.22. The summed E-state index contributed by atoms with van der Waals surface area (Å²) < 4.78 is 4.62. The zero-order valence-electron chi connectivity index (χ0n) is 17.6. The number of fused-ring (bicyclic) bond motifs is 2. The molecule has 0 spiro atoms. The van der Waals surface area contributed by atoms with Gasteiger partial charge in [0.2, 0.25) is 0 Å². The van der Waals surface area contributed by atoms with E-state index in [0.29, 0.717) is 23.1 Å². The van der Waals surface area contributed by atoms with Crippen LogP contribution in [0.15, 0.2) is 40.1 Å². The predicted molar refractivity (Wildman–Crippen MR) is 116 cm³/mol. The Hall–Kier alpha value is -2.84. The number of aliphatic hydroxyl groups is 1. The lowest BCUT2D eigenvalue weighted by Crippen LogP contribution is -2.39. The fourth-order valence-electron chi connectivity index (χ4n) is 4.51. The number of nitrogens with zero attached hydrogens (tertiary/aromatic N) is 4. The molecule has 0 amide bonds. The summed E-state index contributed by atoms with van der Waals surface area (Å²) >= 11 is 0. The van der Waals surface area contributed by atoms with Crippen molar-refractivity contribution in [2.24, 2.45) is 7.05 Å². The van der Waals surface area contributed by atoms with Crippen LogP contribution in [0.1, 0.15) is 43.5 Å². The second-order valence-corrected chi connectivity index (χ2v) is 8.26. The van der Waals surface area contributed by atoms with Gasteiger partial charge in [0, 0.05) is 38.5 Å². The van der Waals surface area contributed by atoms with Gasteiger partial charge in [0.05, 0.1) is 5.52 Å². The third kappa shape index (κ3) is 3.16. The van der Waals surface area contributed by atoms with Gasteiger partial charge in [-0.05, 0) is 44.2 Å². The third-order valence-corrected chi connectivity index (χ3v) is 5.97. The van der Waals surface area contributed by atoms with Crippen LogP contribution < -0.4 is 16.3 Å². The first-order valence-electron chi connectivity index (χ1n) is 10.3. The van der Waals surface area contributed by atoms with E-state index in [2.05, 4.69) is 12.1 Å². The summed E-state index contributed by atoms with van der Waals surface area (Å²) in [4.78, 5) is 25.9. The Balaban J connectivity index is 1.98. The number of aliphatic hydroxyl groups excluding tert-OH is 1. The minimum Gasteiger partial charge on any atom is -0.396 e. The maximum Gasteiger partial charge on any atom is 0.331 e. The predicted octanol–water partition coefficient (Wildman–Crippen LogP) is 2.00. The van der Waals surface area contributed by atoms with Crippen molar-refractivity contribution in [3.63, 3.8) is 0 Å². The first-order chi connectivity index (χ1) is 14.3. The topological polar surface area (TPSA) is 92.6 Å². The van der Waals surface area contributed by atoms with Crippen LogP contribution in [0.5, 0.6) is 0 Å². The molecule has 3 aromatic rings. The van der Waals surface area contributed by atoms with Gasteiger partial charge in [-0.25, -0.2) is 9.86 Å². The standard InChI is InChI=1S/C22H28N4O4/c1-14(2)26-18-13-24(17-11-15-7-4-5-8-16(15)12-17)20(25(30)9-6-10-27)19(18)21(28)23(3)22(26)29/h4-5,7-8,13-14,17,27,30H,6,9-12H2,1-3H3. The van der Waals surface area contributed by atoms with Crippen LogP contribution in [0.4, 0.5) is 5.82 Å². The van der Waals surface area contributed by atoms with Gasteiger partial charge in [-0.15, -0.1) is 0 Å². The van der Waals surface area contributed by atoms with E-state index in [1.807, 2.05) is 36.7 Å². The molecule has 8 heteroatoms. The Morgan fingerprint density at radius 1 is 1.17 bits per heavy atom. The maximum atomic E-state index is 13.1. The van der Waals surface area contributed by atoms with Gasteiger partial charge in [0.25, 0.3) is 5.56 Å². The molecule has 4 rings (SSSR count). The van der Waals surface area contributed by atoms with Gasteiger partial charge in [0.1, 0.15) is 11.2 Å². The molecule has 0 aliphatic heterocycles. The van der Waals surface area contributed by atoms with E-state index in [-0.39, 0.29) is 30.9 Å². The zero-order valence-corrected chi connectivity index (χ0v) is 17.6. The van der Waals surface area contributed by atoms with Crippen LogP contribution in [0.2, 0.25) is 0 Å². The molecule has 0 saturated carbocycles. The van der Waals surface area contributed by atoms with Crippen molar-refractivity contribution < 1.29 is 10.3 Å². The minimum absolute atomic E-state index is 0.0222. The van der Waals surface area contributed by atoms with Crippen LogP contribution in [-0.2, 0) is 19.9 Å². The van der Waals surface area contributed by atoms with E-state index in [0.717, 1.165) is 22.5 Å². The number of anilines is 1. The number of hydrogen-bond acceptors (Lipinski definition) is 5. The fourth-order valence-corrected chi connectivity index (χ4v) is 4.51. The molecule has 2 aromatic heterocycles. The average molecular weight is 412 g/mol. The van der Waals surface area contributed by atoms with Gasteiger partial charge in [-0.2, -0.15) is 0 Å². The molecule has 1 aliphatic carbocycles. The van der Waals surface area contributed by atoms with Gasteiger partial charge in [-0.1, -0.05) is 24.3 Å². The highest BCUT2D eigenvalue weighted by Gasteiger charge is 2.30. The largest absolute Gasteiger partial charge is 0.396 e. The van der Waals surface area contributed by atoms with E-state index in [1.54, 1.807) is 4.57 Å². The van der Waals surface area contributed by atoms with Crippen molar-refractivity contribution in [2.75, 3.05) is 18.2 Å².